The number of esters is 1. The van der Waals surface area contributed by atoms with E-state index in [4.69, 9.17) is 16.3 Å². The molecule has 0 N–H and O–H groups in total. The van der Waals surface area contributed by atoms with Crippen LogP contribution in [0.25, 0.3) is 6.08 Å². The fourth-order valence-corrected chi connectivity index (χ4v) is 1.34. The summed E-state index contributed by atoms with van der Waals surface area (Å²) >= 11 is 5.73. The lowest BCUT2D eigenvalue weighted by molar-refractivity contribution is -0.138. The highest BCUT2D eigenvalue weighted by Gasteiger charge is 2.07. The summed E-state index contributed by atoms with van der Waals surface area (Å²) in [5.41, 5.74) is 0.612. The van der Waals surface area contributed by atoms with E-state index in [2.05, 4.69) is 0 Å². The van der Waals surface area contributed by atoms with E-state index in [0.717, 1.165) is 0 Å². The van der Waals surface area contributed by atoms with Crippen molar-refractivity contribution in [3.63, 3.8) is 0 Å². The molecule has 0 unspecified atom stereocenters. The SMILES string of the molecule is CCOC(=O)/C(C)=C/c1cc(Cl)ccc1F. The Morgan fingerprint density at radius 3 is 2.88 bits per heavy atom. The Balaban J connectivity index is 2.97. The Labute approximate surface area is 98.7 Å². The van der Waals surface area contributed by atoms with Gasteiger partial charge in [0.15, 0.2) is 0 Å². The number of hydrogen-bond donors (Lipinski definition) is 0. The summed E-state index contributed by atoms with van der Waals surface area (Å²) in [5.74, 6) is -0.880. The fourth-order valence-electron chi connectivity index (χ4n) is 1.16. The molecule has 0 fully saturated rings. The summed E-state index contributed by atoms with van der Waals surface area (Å²) in [6, 6.07) is 4.17. The Bertz CT molecular complexity index is 427. The maximum atomic E-state index is 13.3. The summed E-state index contributed by atoms with van der Waals surface area (Å²) in [6.45, 7) is 3.57. The van der Waals surface area contributed by atoms with Crippen molar-refractivity contribution >= 4 is 23.6 Å². The highest BCUT2D eigenvalue weighted by Crippen LogP contribution is 2.17. The van der Waals surface area contributed by atoms with Crippen LogP contribution >= 0.6 is 11.6 Å². The van der Waals surface area contributed by atoms with Gasteiger partial charge < -0.3 is 4.74 Å². The van der Waals surface area contributed by atoms with Gasteiger partial charge in [-0.1, -0.05) is 11.6 Å². The zero-order valence-corrected chi connectivity index (χ0v) is 9.84. The first-order valence-electron chi connectivity index (χ1n) is 4.85. The van der Waals surface area contributed by atoms with Gasteiger partial charge in [-0.3, -0.25) is 0 Å². The van der Waals surface area contributed by atoms with Crippen LogP contribution in [0.4, 0.5) is 4.39 Å². The minimum atomic E-state index is -0.457. The molecule has 0 spiro atoms. The molecule has 0 amide bonds. The zero-order chi connectivity index (χ0) is 12.1. The number of carbonyl (C=O) groups is 1. The van der Waals surface area contributed by atoms with Crippen LogP contribution < -0.4 is 0 Å². The van der Waals surface area contributed by atoms with Crippen molar-refractivity contribution < 1.29 is 13.9 Å². The highest BCUT2D eigenvalue weighted by atomic mass is 35.5. The monoisotopic (exact) mass is 242 g/mol. The molecule has 0 heterocycles. The third-order valence-electron chi connectivity index (χ3n) is 1.93. The van der Waals surface area contributed by atoms with Gasteiger partial charge in [0.1, 0.15) is 5.82 Å². The van der Waals surface area contributed by atoms with Gasteiger partial charge in [-0.15, -0.1) is 0 Å². The van der Waals surface area contributed by atoms with Crippen molar-refractivity contribution in [3.8, 4) is 0 Å². The second-order valence-corrected chi connectivity index (χ2v) is 3.65. The Morgan fingerprint density at radius 1 is 1.56 bits per heavy atom. The molecule has 1 aromatic rings. The summed E-state index contributed by atoms with van der Waals surface area (Å²) in [4.78, 5) is 11.3. The van der Waals surface area contributed by atoms with Crippen LogP contribution in [0.1, 0.15) is 19.4 Å². The first kappa shape index (κ1) is 12.7. The smallest absolute Gasteiger partial charge is 0.333 e. The Kier molecular flexibility index (Phi) is 4.50. The average Bonchev–Trinajstić information content (AvgIpc) is 2.23. The molecule has 0 atom stereocenters. The van der Waals surface area contributed by atoms with E-state index in [0.29, 0.717) is 17.2 Å². The predicted molar refractivity (Wildman–Crippen MR) is 61.7 cm³/mol. The van der Waals surface area contributed by atoms with Crippen molar-refractivity contribution in [2.24, 2.45) is 0 Å². The zero-order valence-electron chi connectivity index (χ0n) is 9.09. The molecule has 86 valence electrons. The van der Waals surface area contributed by atoms with E-state index < -0.39 is 11.8 Å². The molecule has 16 heavy (non-hydrogen) atoms. The topological polar surface area (TPSA) is 26.3 Å². The van der Waals surface area contributed by atoms with Crippen LogP contribution in [0.15, 0.2) is 23.8 Å². The number of ether oxygens (including phenoxy) is 1. The minimum absolute atomic E-state index is 0.276. The molecule has 0 radical (unpaired) electrons. The molecule has 0 saturated heterocycles. The van der Waals surface area contributed by atoms with E-state index in [1.807, 2.05) is 0 Å². The van der Waals surface area contributed by atoms with Crippen LogP contribution in [0.3, 0.4) is 0 Å². The molecule has 0 bridgehead atoms. The van der Waals surface area contributed by atoms with Gasteiger partial charge in [0.2, 0.25) is 0 Å². The van der Waals surface area contributed by atoms with Gasteiger partial charge in [-0.2, -0.15) is 0 Å². The van der Waals surface area contributed by atoms with Crippen molar-refractivity contribution in [1.29, 1.82) is 0 Å². The van der Waals surface area contributed by atoms with E-state index in [1.165, 1.54) is 24.3 Å². The van der Waals surface area contributed by atoms with Crippen molar-refractivity contribution in [1.82, 2.24) is 0 Å². The lowest BCUT2D eigenvalue weighted by Crippen LogP contribution is -2.05. The molecule has 0 aliphatic rings. The van der Waals surface area contributed by atoms with E-state index >= 15 is 0 Å². The van der Waals surface area contributed by atoms with Gasteiger partial charge in [-0.25, -0.2) is 9.18 Å². The van der Waals surface area contributed by atoms with Gasteiger partial charge in [0.25, 0.3) is 0 Å². The summed E-state index contributed by atoms with van der Waals surface area (Å²) in [6.07, 6.45) is 1.42. The molecule has 1 aromatic carbocycles. The summed E-state index contributed by atoms with van der Waals surface area (Å²) in [5, 5.41) is 0.421. The third-order valence-corrected chi connectivity index (χ3v) is 2.16. The first-order valence-corrected chi connectivity index (χ1v) is 5.23. The number of halogens is 2. The molecule has 0 aliphatic heterocycles. The first-order chi connectivity index (χ1) is 7.54. The van der Waals surface area contributed by atoms with Gasteiger partial charge in [-0.05, 0) is 38.1 Å². The second kappa shape index (κ2) is 5.66. The fraction of sp³-hybridized carbons (Fsp3) is 0.250. The summed E-state index contributed by atoms with van der Waals surface area (Å²) < 4.78 is 18.1. The minimum Gasteiger partial charge on any atom is -0.463 e. The van der Waals surface area contributed by atoms with Crippen LogP contribution in [-0.2, 0) is 9.53 Å². The second-order valence-electron chi connectivity index (χ2n) is 3.21. The molecular weight excluding hydrogens is 231 g/mol. The van der Waals surface area contributed by atoms with Gasteiger partial charge >= 0.3 is 5.97 Å². The molecule has 1 rings (SSSR count). The normalized spacial score (nSPS) is 11.4. The number of rotatable bonds is 3. The molecule has 0 aromatic heterocycles. The van der Waals surface area contributed by atoms with Crippen molar-refractivity contribution in [2.45, 2.75) is 13.8 Å². The van der Waals surface area contributed by atoms with Crippen molar-refractivity contribution in [3.05, 3.63) is 40.2 Å². The molecule has 4 heteroatoms. The Morgan fingerprint density at radius 2 is 2.25 bits per heavy atom. The number of hydrogen-bond acceptors (Lipinski definition) is 2. The summed E-state index contributed by atoms with van der Waals surface area (Å²) in [7, 11) is 0. The number of benzene rings is 1. The molecule has 0 saturated carbocycles. The Hall–Kier alpha value is -1.35. The number of carbonyl (C=O) groups excluding carboxylic acids is 1. The lowest BCUT2D eigenvalue weighted by Gasteiger charge is -2.02. The van der Waals surface area contributed by atoms with Crippen LogP contribution in [0, 0.1) is 5.82 Å². The van der Waals surface area contributed by atoms with Crippen LogP contribution in [0.5, 0.6) is 0 Å². The van der Waals surface area contributed by atoms with E-state index in [-0.39, 0.29) is 5.56 Å². The molecular formula is C12H12ClFO2. The molecule has 0 aliphatic carbocycles. The van der Waals surface area contributed by atoms with Gasteiger partial charge in [0, 0.05) is 16.2 Å². The quantitative estimate of drug-likeness (QED) is 0.600. The van der Waals surface area contributed by atoms with E-state index in [9.17, 15) is 9.18 Å². The van der Waals surface area contributed by atoms with Crippen LogP contribution in [0.2, 0.25) is 5.02 Å². The standard InChI is InChI=1S/C12H12ClFO2/c1-3-16-12(15)8(2)6-9-7-10(13)4-5-11(9)14/h4-7H,3H2,1-2H3/b8-6+. The highest BCUT2D eigenvalue weighted by molar-refractivity contribution is 6.30. The maximum absolute atomic E-state index is 13.3. The van der Waals surface area contributed by atoms with Crippen molar-refractivity contribution in [2.75, 3.05) is 6.61 Å². The molecule has 2 nitrogen and oxygen atoms in total. The average molecular weight is 243 g/mol. The van der Waals surface area contributed by atoms with Gasteiger partial charge in [0.05, 0.1) is 6.61 Å². The van der Waals surface area contributed by atoms with E-state index in [1.54, 1.807) is 13.8 Å². The predicted octanol–water partition coefficient (Wildman–Crippen LogP) is 3.45. The largest absolute Gasteiger partial charge is 0.463 e. The van der Waals surface area contributed by atoms with Crippen LogP contribution in [-0.4, -0.2) is 12.6 Å². The lowest BCUT2D eigenvalue weighted by atomic mass is 10.1. The third kappa shape index (κ3) is 3.35. The maximum Gasteiger partial charge on any atom is 0.333 e.